The van der Waals surface area contributed by atoms with Gasteiger partial charge in [-0.1, -0.05) is 6.58 Å². The molecule has 3 heteroatoms. The van der Waals surface area contributed by atoms with E-state index in [1.54, 1.807) is 6.26 Å². The summed E-state index contributed by atoms with van der Waals surface area (Å²) >= 11 is 0. The quantitative estimate of drug-likeness (QED) is 0.527. The van der Waals surface area contributed by atoms with Gasteiger partial charge in [-0.3, -0.25) is 0 Å². The Morgan fingerprint density at radius 3 is 3.20 bits per heavy atom. The minimum atomic E-state index is 0.430. The lowest BCUT2D eigenvalue weighted by Gasteiger charge is -2.11. The number of rotatable bonds is 8. The zero-order valence-corrected chi connectivity index (χ0v) is 9.24. The third-order valence-corrected chi connectivity index (χ3v) is 2.14. The van der Waals surface area contributed by atoms with Gasteiger partial charge in [0.15, 0.2) is 0 Å². The number of nitrogens with one attached hydrogen (secondary N) is 1. The summed E-state index contributed by atoms with van der Waals surface area (Å²) in [7, 11) is 0. The molecule has 0 saturated heterocycles. The Hall–Kier alpha value is -1.22. The second kappa shape index (κ2) is 7.12. The average molecular weight is 209 g/mol. The van der Waals surface area contributed by atoms with Crippen molar-refractivity contribution in [2.75, 3.05) is 13.2 Å². The molecule has 1 atom stereocenters. The van der Waals surface area contributed by atoms with Crippen molar-refractivity contribution in [3.05, 3.63) is 37.0 Å². The van der Waals surface area contributed by atoms with Crippen molar-refractivity contribution >= 4 is 0 Å². The van der Waals surface area contributed by atoms with Gasteiger partial charge >= 0.3 is 0 Å². The first kappa shape index (κ1) is 11.9. The van der Waals surface area contributed by atoms with Gasteiger partial charge in [-0.15, -0.1) is 0 Å². The van der Waals surface area contributed by atoms with Crippen LogP contribution in [0.1, 0.15) is 19.1 Å². The highest BCUT2D eigenvalue weighted by atomic mass is 16.5. The molecule has 1 rings (SSSR count). The molecule has 1 N–H and O–H groups in total. The SMILES string of the molecule is C=COCCCNC(C)Cc1ccco1. The summed E-state index contributed by atoms with van der Waals surface area (Å²) in [5.41, 5.74) is 0. The van der Waals surface area contributed by atoms with E-state index in [-0.39, 0.29) is 0 Å². The van der Waals surface area contributed by atoms with Crippen molar-refractivity contribution in [1.82, 2.24) is 5.32 Å². The molecule has 0 aromatic carbocycles. The fraction of sp³-hybridized carbons (Fsp3) is 0.500. The lowest BCUT2D eigenvalue weighted by molar-refractivity contribution is 0.243. The second-order valence-corrected chi connectivity index (χ2v) is 3.53. The third kappa shape index (κ3) is 5.27. The van der Waals surface area contributed by atoms with Crippen LogP contribution in [0.15, 0.2) is 35.7 Å². The molecule has 0 fully saturated rings. The summed E-state index contributed by atoms with van der Waals surface area (Å²) in [6.07, 6.45) is 5.11. The van der Waals surface area contributed by atoms with E-state index in [1.807, 2.05) is 12.1 Å². The molecule has 15 heavy (non-hydrogen) atoms. The molecule has 0 radical (unpaired) electrons. The standard InChI is InChI=1S/C12H19NO2/c1-3-14-8-5-7-13-11(2)10-12-6-4-9-15-12/h3-4,6,9,11,13H,1,5,7-8,10H2,2H3. The van der Waals surface area contributed by atoms with E-state index in [0.717, 1.165) is 31.8 Å². The summed E-state index contributed by atoms with van der Waals surface area (Å²) in [5.74, 6) is 1.03. The van der Waals surface area contributed by atoms with Crippen molar-refractivity contribution in [2.45, 2.75) is 25.8 Å². The normalized spacial score (nSPS) is 12.3. The molecule has 0 spiro atoms. The molecule has 0 aliphatic carbocycles. The summed E-state index contributed by atoms with van der Waals surface area (Å²) in [4.78, 5) is 0. The van der Waals surface area contributed by atoms with Gasteiger partial charge in [0.25, 0.3) is 0 Å². The predicted octanol–water partition coefficient (Wildman–Crippen LogP) is 2.35. The average Bonchev–Trinajstić information content (AvgIpc) is 2.70. The first-order valence-corrected chi connectivity index (χ1v) is 5.31. The number of furan rings is 1. The van der Waals surface area contributed by atoms with Gasteiger partial charge in [0.1, 0.15) is 5.76 Å². The Bertz CT molecular complexity index is 257. The fourth-order valence-corrected chi connectivity index (χ4v) is 1.39. The maximum absolute atomic E-state index is 5.27. The Labute approximate surface area is 91.1 Å². The van der Waals surface area contributed by atoms with Crippen LogP contribution in [0, 0.1) is 0 Å². The van der Waals surface area contributed by atoms with Crippen LogP contribution >= 0.6 is 0 Å². The third-order valence-electron chi connectivity index (χ3n) is 2.14. The topological polar surface area (TPSA) is 34.4 Å². The van der Waals surface area contributed by atoms with E-state index < -0.39 is 0 Å². The van der Waals surface area contributed by atoms with Gasteiger partial charge in [-0.05, 0) is 32.0 Å². The molecule has 0 saturated carbocycles. The number of ether oxygens (including phenoxy) is 1. The Morgan fingerprint density at radius 2 is 2.53 bits per heavy atom. The van der Waals surface area contributed by atoms with Crippen molar-refractivity contribution in [1.29, 1.82) is 0 Å². The lowest BCUT2D eigenvalue weighted by atomic mass is 10.2. The van der Waals surface area contributed by atoms with Crippen LogP contribution in [0.25, 0.3) is 0 Å². The first-order valence-electron chi connectivity index (χ1n) is 5.31. The van der Waals surface area contributed by atoms with E-state index in [9.17, 15) is 0 Å². The van der Waals surface area contributed by atoms with E-state index in [4.69, 9.17) is 9.15 Å². The molecule has 1 aromatic rings. The maximum Gasteiger partial charge on any atom is 0.105 e. The van der Waals surface area contributed by atoms with Crippen LogP contribution in [0.3, 0.4) is 0 Å². The molecule has 0 amide bonds. The van der Waals surface area contributed by atoms with Gasteiger partial charge in [0.2, 0.25) is 0 Å². The lowest BCUT2D eigenvalue weighted by Crippen LogP contribution is -2.29. The molecule has 0 aliphatic heterocycles. The van der Waals surface area contributed by atoms with E-state index in [1.165, 1.54) is 6.26 Å². The van der Waals surface area contributed by atoms with Gasteiger partial charge in [0, 0.05) is 12.5 Å². The van der Waals surface area contributed by atoms with Crippen LogP contribution < -0.4 is 5.32 Å². The molecule has 1 heterocycles. The number of hydrogen-bond donors (Lipinski definition) is 1. The first-order chi connectivity index (χ1) is 7.33. The Balaban J connectivity index is 2.03. The highest BCUT2D eigenvalue weighted by Crippen LogP contribution is 2.03. The van der Waals surface area contributed by atoms with Crippen molar-refractivity contribution in [2.24, 2.45) is 0 Å². The van der Waals surface area contributed by atoms with Crippen molar-refractivity contribution < 1.29 is 9.15 Å². The highest BCUT2D eigenvalue weighted by molar-refractivity contribution is 4.99. The van der Waals surface area contributed by atoms with Gasteiger partial charge in [0.05, 0.1) is 19.1 Å². The molecule has 84 valence electrons. The minimum absolute atomic E-state index is 0.430. The van der Waals surface area contributed by atoms with E-state index >= 15 is 0 Å². The van der Waals surface area contributed by atoms with Crippen LogP contribution in [0.5, 0.6) is 0 Å². The predicted molar refractivity (Wildman–Crippen MR) is 60.6 cm³/mol. The highest BCUT2D eigenvalue weighted by Gasteiger charge is 2.03. The van der Waals surface area contributed by atoms with Gasteiger partial charge in [-0.25, -0.2) is 0 Å². The van der Waals surface area contributed by atoms with Crippen LogP contribution in [-0.4, -0.2) is 19.2 Å². The largest absolute Gasteiger partial charge is 0.502 e. The monoisotopic (exact) mass is 209 g/mol. The summed E-state index contributed by atoms with van der Waals surface area (Å²) in [6.45, 7) is 7.32. The molecular formula is C12H19NO2. The smallest absolute Gasteiger partial charge is 0.105 e. The fourth-order valence-electron chi connectivity index (χ4n) is 1.39. The molecule has 0 bridgehead atoms. The molecule has 1 unspecified atom stereocenters. The summed E-state index contributed by atoms with van der Waals surface area (Å²) in [6, 6.07) is 4.35. The number of hydrogen-bond acceptors (Lipinski definition) is 3. The molecule has 3 nitrogen and oxygen atoms in total. The zero-order chi connectivity index (χ0) is 10.9. The van der Waals surface area contributed by atoms with Crippen molar-refractivity contribution in [3.63, 3.8) is 0 Å². The van der Waals surface area contributed by atoms with Crippen LogP contribution in [0.2, 0.25) is 0 Å². The Morgan fingerprint density at radius 1 is 1.67 bits per heavy atom. The maximum atomic E-state index is 5.27. The molecule has 0 aliphatic rings. The van der Waals surface area contributed by atoms with E-state index in [0.29, 0.717) is 6.04 Å². The van der Waals surface area contributed by atoms with Crippen LogP contribution in [-0.2, 0) is 11.2 Å². The zero-order valence-electron chi connectivity index (χ0n) is 9.24. The van der Waals surface area contributed by atoms with Crippen molar-refractivity contribution in [3.8, 4) is 0 Å². The minimum Gasteiger partial charge on any atom is -0.502 e. The van der Waals surface area contributed by atoms with Gasteiger partial charge < -0.3 is 14.5 Å². The molecular weight excluding hydrogens is 190 g/mol. The van der Waals surface area contributed by atoms with Crippen LogP contribution in [0.4, 0.5) is 0 Å². The van der Waals surface area contributed by atoms with E-state index in [2.05, 4.69) is 18.8 Å². The van der Waals surface area contributed by atoms with Gasteiger partial charge in [-0.2, -0.15) is 0 Å². The molecule has 1 aromatic heterocycles. The second-order valence-electron chi connectivity index (χ2n) is 3.53. The summed E-state index contributed by atoms with van der Waals surface area (Å²) < 4.78 is 10.3. The summed E-state index contributed by atoms with van der Waals surface area (Å²) in [5, 5.41) is 3.41. The Kier molecular flexibility index (Phi) is 5.63.